The van der Waals surface area contributed by atoms with Crippen molar-refractivity contribution in [1.29, 1.82) is 0 Å². The summed E-state index contributed by atoms with van der Waals surface area (Å²) in [7, 11) is 0. The second-order valence-corrected chi connectivity index (χ2v) is 18.6. The molecule has 0 nitrogen and oxygen atoms in total. The van der Waals surface area contributed by atoms with Gasteiger partial charge in [0.15, 0.2) is 0 Å². The zero-order valence-corrected chi connectivity index (χ0v) is 27.6. The molecule has 0 bridgehead atoms. The SMILES string of the molecule is Cc1ccc2c(c1)[CH]([Zr](=[C](c1ccccc1)c1ccccc1)[CH]1C=Cc3c(-c4ccccc4)cccc31)c1cc(C)ccc1-2. The van der Waals surface area contributed by atoms with Crippen LogP contribution >= 0.6 is 0 Å². The van der Waals surface area contributed by atoms with E-state index in [1.165, 1.54) is 66.8 Å². The molecule has 0 saturated carbocycles. The number of aryl methyl sites for hydroxylation is 2. The minimum atomic E-state index is -2.82. The summed E-state index contributed by atoms with van der Waals surface area (Å²) < 4.78 is 2.41. The molecule has 2 aliphatic carbocycles. The third-order valence-electron chi connectivity index (χ3n) is 9.40. The summed E-state index contributed by atoms with van der Waals surface area (Å²) >= 11 is -2.82. The molecule has 1 heteroatoms. The first-order valence-electron chi connectivity index (χ1n) is 15.6. The normalized spacial score (nSPS) is 14.6. The van der Waals surface area contributed by atoms with Crippen molar-refractivity contribution < 1.29 is 21.3 Å². The molecular formula is C43H34Zr. The van der Waals surface area contributed by atoms with Crippen LogP contribution in [0.15, 0.2) is 152 Å². The van der Waals surface area contributed by atoms with E-state index in [0.29, 0.717) is 7.25 Å². The third kappa shape index (κ3) is 4.66. The van der Waals surface area contributed by atoms with Crippen molar-refractivity contribution in [3.63, 3.8) is 0 Å². The summed E-state index contributed by atoms with van der Waals surface area (Å²) in [5, 5.41) is 0. The molecule has 44 heavy (non-hydrogen) atoms. The van der Waals surface area contributed by atoms with Gasteiger partial charge in [0.25, 0.3) is 0 Å². The Labute approximate surface area is 268 Å². The zero-order chi connectivity index (χ0) is 29.6. The summed E-state index contributed by atoms with van der Waals surface area (Å²) in [6.07, 6.45) is 5.03. The van der Waals surface area contributed by atoms with Gasteiger partial charge in [-0.25, -0.2) is 0 Å². The van der Waals surface area contributed by atoms with Crippen LogP contribution in [-0.2, 0) is 21.3 Å². The van der Waals surface area contributed by atoms with Crippen molar-refractivity contribution in [1.82, 2.24) is 0 Å². The van der Waals surface area contributed by atoms with E-state index in [1.54, 1.807) is 3.21 Å². The maximum atomic E-state index is 2.58. The van der Waals surface area contributed by atoms with Crippen molar-refractivity contribution in [3.05, 3.63) is 196 Å². The van der Waals surface area contributed by atoms with Gasteiger partial charge >= 0.3 is 270 Å². The van der Waals surface area contributed by atoms with E-state index >= 15 is 0 Å². The van der Waals surface area contributed by atoms with Crippen molar-refractivity contribution >= 4 is 9.28 Å². The Balaban J connectivity index is 1.47. The molecule has 0 fully saturated rings. The third-order valence-corrected chi connectivity index (χ3v) is 18.2. The van der Waals surface area contributed by atoms with Crippen molar-refractivity contribution in [2.45, 2.75) is 21.1 Å². The van der Waals surface area contributed by atoms with Gasteiger partial charge in [-0.05, 0) is 0 Å². The van der Waals surface area contributed by atoms with Crippen LogP contribution in [-0.4, -0.2) is 3.21 Å². The Morgan fingerprint density at radius 1 is 0.500 bits per heavy atom. The molecule has 1 atom stereocenters. The molecule has 6 aromatic carbocycles. The monoisotopic (exact) mass is 640 g/mol. The van der Waals surface area contributed by atoms with Gasteiger partial charge in [-0.1, -0.05) is 0 Å². The van der Waals surface area contributed by atoms with Crippen molar-refractivity contribution in [3.8, 4) is 22.3 Å². The fourth-order valence-corrected chi connectivity index (χ4v) is 17.3. The van der Waals surface area contributed by atoms with Gasteiger partial charge in [0.2, 0.25) is 0 Å². The van der Waals surface area contributed by atoms with Gasteiger partial charge in [-0.15, -0.1) is 0 Å². The first-order valence-corrected chi connectivity index (χ1v) is 19.7. The van der Waals surface area contributed by atoms with Crippen LogP contribution < -0.4 is 0 Å². The van der Waals surface area contributed by atoms with E-state index < -0.39 is 21.3 Å². The topological polar surface area (TPSA) is 0 Å². The molecule has 0 heterocycles. The van der Waals surface area contributed by atoms with Crippen molar-refractivity contribution in [2.75, 3.05) is 0 Å². The second-order valence-electron chi connectivity index (χ2n) is 12.2. The molecule has 1 unspecified atom stereocenters. The van der Waals surface area contributed by atoms with Gasteiger partial charge in [-0.3, -0.25) is 0 Å². The van der Waals surface area contributed by atoms with Crippen molar-refractivity contribution in [2.24, 2.45) is 0 Å². The van der Waals surface area contributed by atoms with Crippen LogP contribution in [0, 0.1) is 13.8 Å². The molecular weight excluding hydrogens is 608 g/mol. The Kier molecular flexibility index (Phi) is 7.08. The first kappa shape index (κ1) is 27.4. The summed E-state index contributed by atoms with van der Waals surface area (Å²) in [5.41, 5.74) is 16.9. The summed E-state index contributed by atoms with van der Waals surface area (Å²) in [6.45, 7) is 4.51. The van der Waals surface area contributed by atoms with Crippen LogP contribution in [0.3, 0.4) is 0 Å². The average Bonchev–Trinajstić information content (AvgIpc) is 3.63. The minimum absolute atomic E-state index is 0.399. The average molecular weight is 642 g/mol. The predicted molar refractivity (Wildman–Crippen MR) is 183 cm³/mol. The quantitative estimate of drug-likeness (QED) is 0.176. The molecule has 2 aliphatic rings. The van der Waals surface area contributed by atoms with E-state index in [1.807, 2.05) is 0 Å². The van der Waals surface area contributed by atoms with E-state index in [2.05, 4.69) is 172 Å². The fourth-order valence-electron chi connectivity index (χ4n) is 7.50. The zero-order valence-electron chi connectivity index (χ0n) is 25.2. The second kappa shape index (κ2) is 11.4. The molecule has 0 aromatic heterocycles. The molecule has 0 aliphatic heterocycles. The fraction of sp³-hybridized carbons (Fsp3) is 0.0930. The number of hydrogen-bond acceptors (Lipinski definition) is 0. The maximum absolute atomic E-state index is 2.82. The first-order chi connectivity index (χ1) is 21.7. The van der Waals surface area contributed by atoms with Gasteiger partial charge in [0, 0.05) is 0 Å². The predicted octanol–water partition coefficient (Wildman–Crippen LogP) is 10.7. The van der Waals surface area contributed by atoms with Crippen LogP contribution in [0.4, 0.5) is 0 Å². The molecule has 8 rings (SSSR count). The van der Waals surface area contributed by atoms with E-state index in [-0.39, 0.29) is 0 Å². The van der Waals surface area contributed by atoms with Gasteiger partial charge in [0.1, 0.15) is 0 Å². The number of allylic oxidation sites excluding steroid dienone is 1. The van der Waals surface area contributed by atoms with E-state index in [0.717, 1.165) is 0 Å². The van der Waals surface area contributed by atoms with E-state index in [9.17, 15) is 0 Å². The Morgan fingerprint density at radius 2 is 1.05 bits per heavy atom. The number of hydrogen-bond donors (Lipinski definition) is 0. The Hall–Kier alpha value is -4.19. The molecule has 0 saturated heterocycles. The number of benzene rings is 6. The molecule has 210 valence electrons. The van der Waals surface area contributed by atoms with Crippen LogP contribution in [0.5, 0.6) is 0 Å². The summed E-state index contributed by atoms with van der Waals surface area (Å²) in [6, 6.07) is 54.9. The standard InChI is InChI=1S/C15H13.C15H11.C13H10.Zr/c1-10-3-5-14-12(7-10)9-13-8-11(2)4-6-15(13)14;1-2-6-12(7-3-1)14-10-4-8-13-9-5-11-15(13)14;1-3-7-12(8-4-1)11-13-9-5-2-6-10-13;/h3-9H,1-2H3;1-11H;1-10H;. The van der Waals surface area contributed by atoms with Gasteiger partial charge in [-0.2, -0.15) is 0 Å². The number of fused-ring (bicyclic) bond motifs is 4. The van der Waals surface area contributed by atoms with Crippen LogP contribution in [0.2, 0.25) is 0 Å². The van der Waals surface area contributed by atoms with Crippen LogP contribution in [0.25, 0.3) is 28.3 Å². The summed E-state index contributed by atoms with van der Waals surface area (Å²) in [5.74, 6) is 0. The summed E-state index contributed by atoms with van der Waals surface area (Å²) in [4.78, 5) is 0. The number of rotatable bonds is 5. The molecule has 0 radical (unpaired) electrons. The Bertz CT molecular complexity index is 1970. The molecule has 0 amide bonds. The molecule has 0 N–H and O–H groups in total. The van der Waals surface area contributed by atoms with Gasteiger partial charge < -0.3 is 0 Å². The Morgan fingerprint density at radius 3 is 1.61 bits per heavy atom. The van der Waals surface area contributed by atoms with Gasteiger partial charge in [0.05, 0.1) is 0 Å². The van der Waals surface area contributed by atoms with E-state index in [4.69, 9.17) is 0 Å². The van der Waals surface area contributed by atoms with Crippen LogP contribution in [0.1, 0.15) is 51.8 Å². The molecule has 0 spiro atoms. The molecule has 6 aromatic rings.